The molecule has 2 aromatic carbocycles. The largest absolute Gasteiger partial charge is 0.428 e. The van der Waals surface area contributed by atoms with Crippen molar-refractivity contribution in [1.82, 2.24) is 0 Å². The Morgan fingerprint density at radius 3 is 2.06 bits per heavy atom. The Kier molecular flexibility index (Phi) is 6.63. The van der Waals surface area contributed by atoms with Crippen molar-refractivity contribution in [2.24, 2.45) is 0 Å². The minimum atomic E-state index is 0.800. The van der Waals surface area contributed by atoms with Crippen molar-refractivity contribution in [2.45, 2.75) is 6.92 Å². The zero-order valence-electron chi connectivity index (χ0n) is 10.2. The normalized spacial score (nSPS) is 9.53. The lowest BCUT2D eigenvalue weighted by Gasteiger charge is -2.02. The molecule has 2 aromatic rings. The molecule has 17 heavy (non-hydrogen) atoms. The molecule has 0 aliphatic heterocycles. The first-order chi connectivity index (χ1) is 8.29. The van der Waals surface area contributed by atoms with E-state index in [1.165, 1.54) is 0 Å². The van der Waals surface area contributed by atoms with Gasteiger partial charge in [-0.05, 0) is 18.6 Å². The van der Waals surface area contributed by atoms with Crippen molar-refractivity contribution in [1.29, 1.82) is 0 Å². The molecule has 0 unspecified atom stereocenters. The second-order valence-electron chi connectivity index (χ2n) is 3.42. The molecular weight excluding hydrogens is 248 g/mol. The monoisotopic (exact) mass is 264 g/mol. The van der Waals surface area contributed by atoms with Gasteiger partial charge in [0, 0.05) is 17.2 Å². The zero-order chi connectivity index (χ0) is 12.5. The summed E-state index contributed by atoms with van der Waals surface area (Å²) in [6, 6.07) is 18.0. The molecule has 0 radical (unpaired) electrons. The summed E-state index contributed by atoms with van der Waals surface area (Å²) >= 11 is 6.06. The summed E-state index contributed by atoms with van der Waals surface area (Å²) in [5.74, 6) is 0. The van der Waals surface area contributed by atoms with Crippen molar-refractivity contribution in [2.75, 3.05) is 6.61 Å². The number of hydrogen-bond acceptors (Lipinski definition) is 1. The summed E-state index contributed by atoms with van der Waals surface area (Å²) in [4.78, 5) is 0. The second-order valence-corrected chi connectivity index (χ2v) is 4.41. The highest BCUT2D eigenvalue weighted by atomic mass is 35.5. The van der Waals surface area contributed by atoms with E-state index in [1.807, 2.05) is 49.4 Å². The third-order valence-corrected chi connectivity index (χ3v) is 3.15. The van der Waals surface area contributed by atoms with E-state index in [-0.39, 0.29) is 0 Å². The van der Waals surface area contributed by atoms with Crippen LogP contribution in [-0.4, -0.2) is 17.1 Å². The maximum atomic E-state index is 6.06. The molecule has 0 fully saturated rings. The summed E-state index contributed by atoms with van der Waals surface area (Å²) in [5, 5.41) is 0.800. The van der Waals surface area contributed by atoms with E-state index < -0.39 is 0 Å². The van der Waals surface area contributed by atoms with Crippen LogP contribution in [0.1, 0.15) is 6.92 Å². The van der Waals surface area contributed by atoms with Gasteiger partial charge in [-0.1, -0.05) is 60.1 Å². The molecular formula is C14H17ClOSi. The van der Waals surface area contributed by atoms with Crippen LogP contribution in [0.2, 0.25) is 5.02 Å². The quantitative estimate of drug-likeness (QED) is 0.757. The molecule has 2 rings (SSSR count). The number of halogens is 1. The lowest BCUT2D eigenvalue weighted by molar-refractivity contribution is 0.375. The maximum Gasteiger partial charge on any atom is 0.145 e. The number of benzene rings is 2. The topological polar surface area (TPSA) is 9.23 Å². The van der Waals surface area contributed by atoms with E-state index in [0.29, 0.717) is 0 Å². The van der Waals surface area contributed by atoms with E-state index in [0.717, 1.165) is 33.2 Å². The van der Waals surface area contributed by atoms with Crippen LogP contribution in [0, 0.1) is 0 Å². The summed E-state index contributed by atoms with van der Waals surface area (Å²) < 4.78 is 4.68. The predicted molar refractivity (Wildman–Crippen MR) is 78.5 cm³/mol. The van der Waals surface area contributed by atoms with Crippen molar-refractivity contribution in [3.05, 3.63) is 59.6 Å². The number of hydrogen-bond donors (Lipinski definition) is 0. The Morgan fingerprint density at radius 1 is 1.00 bits per heavy atom. The first-order valence-electron chi connectivity index (χ1n) is 5.58. The van der Waals surface area contributed by atoms with Crippen molar-refractivity contribution >= 4 is 22.1 Å². The van der Waals surface area contributed by atoms with Gasteiger partial charge >= 0.3 is 0 Å². The molecule has 0 saturated heterocycles. The lowest BCUT2D eigenvalue weighted by Crippen LogP contribution is -1.77. The van der Waals surface area contributed by atoms with E-state index in [4.69, 9.17) is 11.6 Å². The van der Waals surface area contributed by atoms with Crippen molar-refractivity contribution < 1.29 is 4.43 Å². The van der Waals surface area contributed by atoms with Crippen LogP contribution in [0.15, 0.2) is 54.6 Å². The molecule has 0 amide bonds. The fourth-order valence-electron chi connectivity index (χ4n) is 1.31. The van der Waals surface area contributed by atoms with Crippen LogP contribution < -0.4 is 0 Å². The third-order valence-electron chi connectivity index (χ3n) is 2.25. The molecule has 0 N–H and O–H groups in total. The summed E-state index contributed by atoms with van der Waals surface area (Å²) in [6.07, 6.45) is 0. The van der Waals surface area contributed by atoms with Gasteiger partial charge in [0.25, 0.3) is 0 Å². The fraction of sp³-hybridized carbons (Fsp3) is 0.143. The van der Waals surface area contributed by atoms with Gasteiger partial charge in [-0.15, -0.1) is 0 Å². The SMILES string of the molecule is CCO[SiH3].Clc1ccccc1-c1ccccc1. The molecule has 0 saturated carbocycles. The summed E-state index contributed by atoms with van der Waals surface area (Å²) in [6.45, 7) is 2.87. The highest BCUT2D eigenvalue weighted by molar-refractivity contribution is 6.33. The van der Waals surface area contributed by atoms with Gasteiger partial charge < -0.3 is 4.43 Å². The molecule has 0 aromatic heterocycles. The molecule has 0 aliphatic carbocycles. The number of rotatable bonds is 2. The molecule has 0 spiro atoms. The first-order valence-corrected chi connectivity index (χ1v) is 6.78. The predicted octanol–water partition coefficient (Wildman–Crippen LogP) is 3.31. The zero-order valence-corrected chi connectivity index (χ0v) is 12.9. The minimum Gasteiger partial charge on any atom is -0.428 e. The Balaban J connectivity index is 0.000000317. The standard InChI is InChI=1S/C12H9Cl.C2H8OSi/c13-12-9-5-4-8-11(12)10-6-2-1-3-7-10;1-2-3-4/h1-9H;2H2,1,4H3. The minimum absolute atomic E-state index is 0.800. The van der Waals surface area contributed by atoms with E-state index >= 15 is 0 Å². The molecule has 90 valence electrons. The van der Waals surface area contributed by atoms with Gasteiger partial charge in [-0.2, -0.15) is 0 Å². The van der Waals surface area contributed by atoms with Crippen LogP contribution in [-0.2, 0) is 4.43 Å². The van der Waals surface area contributed by atoms with E-state index in [1.54, 1.807) is 0 Å². The highest BCUT2D eigenvalue weighted by Crippen LogP contribution is 2.26. The van der Waals surface area contributed by atoms with E-state index in [2.05, 4.69) is 16.6 Å². The van der Waals surface area contributed by atoms with Crippen molar-refractivity contribution in [3.63, 3.8) is 0 Å². The molecule has 0 atom stereocenters. The molecule has 0 aliphatic rings. The Morgan fingerprint density at radius 2 is 1.53 bits per heavy atom. The van der Waals surface area contributed by atoms with Crippen LogP contribution in [0.25, 0.3) is 11.1 Å². The first kappa shape index (κ1) is 14.0. The molecule has 1 nitrogen and oxygen atoms in total. The Hall–Kier alpha value is -1.09. The average molecular weight is 265 g/mol. The van der Waals surface area contributed by atoms with Gasteiger partial charge in [-0.25, -0.2) is 0 Å². The maximum absolute atomic E-state index is 6.06. The Bertz CT molecular complexity index is 429. The fourth-order valence-corrected chi connectivity index (χ4v) is 1.56. The molecule has 0 heterocycles. The third kappa shape index (κ3) is 4.73. The second kappa shape index (κ2) is 8.07. The summed E-state index contributed by atoms with van der Waals surface area (Å²) in [5.41, 5.74) is 2.25. The molecule has 3 heteroatoms. The van der Waals surface area contributed by atoms with Gasteiger partial charge in [0.15, 0.2) is 0 Å². The van der Waals surface area contributed by atoms with Gasteiger partial charge in [0.05, 0.1) is 0 Å². The van der Waals surface area contributed by atoms with Crippen LogP contribution in [0.4, 0.5) is 0 Å². The van der Waals surface area contributed by atoms with Crippen LogP contribution in [0.5, 0.6) is 0 Å². The van der Waals surface area contributed by atoms with E-state index in [9.17, 15) is 0 Å². The summed E-state index contributed by atoms with van der Waals surface area (Å²) in [7, 11) is 0.890. The Labute approximate surface area is 111 Å². The smallest absolute Gasteiger partial charge is 0.145 e. The average Bonchev–Trinajstić information content (AvgIpc) is 2.41. The van der Waals surface area contributed by atoms with Crippen LogP contribution >= 0.6 is 11.6 Å². The highest BCUT2D eigenvalue weighted by Gasteiger charge is 1.99. The van der Waals surface area contributed by atoms with Gasteiger partial charge in [0.2, 0.25) is 0 Å². The van der Waals surface area contributed by atoms with Crippen molar-refractivity contribution in [3.8, 4) is 11.1 Å². The molecule has 0 bridgehead atoms. The lowest BCUT2D eigenvalue weighted by atomic mass is 10.1. The van der Waals surface area contributed by atoms with Gasteiger partial charge in [0.1, 0.15) is 10.5 Å². The van der Waals surface area contributed by atoms with Gasteiger partial charge in [-0.3, -0.25) is 0 Å². The van der Waals surface area contributed by atoms with Crippen LogP contribution in [0.3, 0.4) is 0 Å².